The smallest absolute Gasteiger partial charge is 0.323 e. The molecule has 114 valence electrons. The van der Waals surface area contributed by atoms with Crippen molar-refractivity contribution in [1.82, 2.24) is 4.90 Å². The number of benzene rings is 1. The second-order valence-corrected chi connectivity index (χ2v) is 5.44. The van der Waals surface area contributed by atoms with Crippen LogP contribution in [0.2, 0.25) is 0 Å². The van der Waals surface area contributed by atoms with Crippen molar-refractivity contribution in [1.29, 1.82) is 0 Å². The molecule has 0 radical (unpaired) electrons. The van der Waals surface area contributed by atoms with E-state index in [0.717, 1.165) is 23.4 Å². The van der Waals surface area contributed by atoms with Crippen LogP contribution in [0.4, 0.5) is 5.69 Å². The molecule has 0 bridgehead atoms. The van der Waals surface area contributed by atoms with Crippen LogP contribution in [0.5, 0.6) is 0 Å². The molecule has 0 unspecified atom stereocenters. The number of aryl methyl sites for hydroxylation is 2. The first kappa shape index (κ1) is 15.5. The summed E-state index contributed by atoms with van der Waals surface area (Å²) >= 11 is 0. The molecule has 1 heterocycles. The zero-order chi connectivity index (χ0) is 15.4. The number of esters is 1. The molecule has 1 atom stereocenters. The maximum absolute atomic E-state index is 12.2. The molecule has 0 aromatic heterocycles. The monoisotopic (exact) mass is 290 g/mol. The van der Waals surface area contributed by atoms with Crippen LogP contribution in [0.25, 0.3) is 0 Å². The third kappa shape index (κ3) is 4.04. The summed E-state index contributed by atoms with van der Waals surface area (Å²) in [6.45, 7) is 7.77. The fourth-order valence-corrected chi connectivity index (χ4v) is 2.69. The van der Waals surface area contributed by atoms with Crippen LogP contribution in [-0.4, -0.2) is 42.5 Å². The molecule has 1 aromatic rings. The zero-order valence-corrected chi connectivity index (χ0v) is 12.8. The Labute approximate surface area is 125 Å². The van der Waals surface area contributed by atoms with Crippen LogP contribution in [0, 0.1) is 13.8 Å². The Hall–Kier alpha value is -1.88. The number of carbonyl (C=O) groups excluding carboxylic acids is 2. The molecule has 5 heteroatoms. The van der Waals surface area contributed by atoms with Crippen molar-refractivity contribution >= 4 is 17.6 Å². The predicted molar refractivity (Wildman–Crippen MR) is 81.2 cm³/mol. The van der Waals surface area contributed by atoms with Gasteiger partial charge < -0.3 is 10.1 Å². The molecule has 1 saturated heterocycles. The maximum Gasteiger partial charge on any atom is 0.323 e. The van der Waals surface area contributed by atoms with Gasteiger partial charge in [-0.2, -0.15) is 0 Å². The van der Waals surface area contributed by atoms with E-state index in [1.165, 1.54) is 0 Å². The first-order chi connectivity index (χ1) is 9.99. The van der Waals surface area contributed by atoms with E-state index in [1.807, 2.05) is 43.9 Å². The highest BCUT2D eigenvalue weighted by atomic mass is 16.5. The van der Waals surface area contributed by atoms with Gasteiger partial charge in [-0.3, -0.25) is 14.5 Å². The van der Waals surface area contributed by atoms with Gasteiger partial charge in [0.1, 0.15) is 12.6 Å². The first-order valence-electron chi connectivity index (χ1n) is 7.28. The lowest BCUT2D eigenvalue weighted by atomic mass is 10.1. The van der Waals surface area contributed by atoms with Crippen molar-refractivity contribution in [2.75, 3.05) is 25.0 Å². The number of likely N-dealkylation sites (N-methyl/N-ethyl adjacent to an activating group) is 1. The molecule has 5 nitrogen and oxygen atoms in total. The molecular weight excluding hydrogens is 268 g/mol. The normalized spacial score (nSPS) is 19.2. The van der Waals surface area contributed by atoms with Crippen LogP contribution in [0.1, 0.15) is 24.5 Å². The third-order valence-corrected chi connectivity index (χ3v) is 3.63. The molecule has 1 aromatic carbocycles. The minimum Gasteiger partial charge on any atom is -0.463 e. The molecule has 2 rings (SSSR count). The van der Waals surface area contributed by atoms with Gasteiger partial charge in [-0.15, -0.1) is 0 Å². The lowest BCUT2D eigenvalue weighted by molar-refractivity contribution is -0.158. The van der Waals surface area contributed by atoms with E-state index in [4.69, 9.17) is 4.74 Å². The standard InChI is InChI=1S/C16H22N2O3/c1-4-18-5-6-21-16(20)14(18)10-15(19)17-13-8-11(2)7-12(3)9-13/h7-9,14H,4-6,10H2,1-3H3,(H,17,19)/t14-/m0/s1. The Morgan fingerprint density at radius 1 is 1.33 bits per heavy atom. The highest BCUT2D eigenvalue weighted by Gasteiger charge is 2.32. The van der Waals surface area contributed by atoms with E-state index < -0.39 is 6.04 Å². The fraction of sp³-hybridized carbons (Fsp3) is 0.500. The molecule has 1 aliphatic heterocycles. The summed E-state index contributed by atoms with van der Waals surface area (Å²) in [5.41, 5.74) is 2.96. The highest BCUT2D eigenvalue weighted by Crippen LogP contribution is 2.16. The van der Waals surface area contributed by atoms with Crippen molar-refractivity contribution in [3.8, 4) is 0 Å². The molecule has 1 fully saturated rings. The molecule has 21 heavy (non-hydrogen) atoms. The summed E-state index contributed by atoms with van der Waals surface area (Å²) in [5.74, 6) is -0.471. The number of hydrogen-bond donors (Lipinski definition) is 1. The van der Waals surface area contributed by atoms with Crippen LogP contribution in [0.3, 0.4) is 0 Å². The number of hydrogen-bond acceptors (Lipinski definition) is 4. The van der Waals surface area contributed by atoms with Crippen molar-refractivity contribution in [3.05, 3.63) is 29.3 Å². The minimum atomic E-state index is -0.477. The first-order valence-corrected chi connectivity index (χ1v) is 7.28. The summed E-state index contributed by atoms with van der Waals surface area (Å²) in [5, 5.41) is 2.86. The van der Waals surface area contributed by atoms with E-state index >= 15 is 0 Å². The van der Waals surface area contributed by atoms with Gasteiger partial charge >= 0.3 is 5.97 Å². The lowest BCUT2D eigenvalue weighted by Crippen LogP contribution is -2.50. The Bertz CT molecular complexity index is 522. The number of amides is 1. The van der Waals surface area contributed by atoms with Gasteiger partial charge in [0.15, 0.2) is 0 Å². The van der Waals surface area contributed by atoms with E-state index in [-0.39, 0.29) is 18.3 Å². The van der Waals surface area contributed by atoms with Crippen molar-refractivity contribution < 1.29 is 14.3 Å². The maximum atomic E-state index is 12.2. The van der Waals surface area contributed by atoms with Crippen LogP contribution in [0.15, 0.2) is 18.2 Å². The van der Waals surface area contributed by atoms with Gasteiger partial charge in [-0.05, 0) is 43.7 Å². The van der Waals surface area contributed by atoms with E-state index in [2.05, 4.69) is 5.32 Å². The summed E-state index contributed by atoms with van der Waals surface area (Å²) in [6, 6.07) is 5.41. The second-order valence-electron chi connectivity index (χ2n) is 5.44. The number of nitrogens with one attached hydrogen (secondary N) is 1. The molecular formula is C16H22N2O3. The molecule has 0 aliphatic carbocycles. The quantitative estimate of drug-likeness (QED) is 0.860. The SMILES string of the molecule is CCN1CCOC(=O)[C@@H]1CC(=O)Nc1cc(C)cc(C)c1. The molecule has 1 amide bonds. The Morgan fingerprint density at radius 2 is 2.00 bits per heavy atom. The van der Waals surface area contributed by atoms with Gasteiger partial charge in [0, 0.05) is 12.2 Å². The van der Waals surface area contributed by atoms with Crippen LogP contribution < -0.4 is 5.32 Å². The number of morpholine rings is 1. The van der Waals surface area contributed by atoms with Crippen molar-refractivity contribution in [2.45, 2.75) is 33.2 Å². The van der Waals surface area contributed by atoms with E-state index in [9.17, 15) is 9.59 Å². The highest BCUT2D eigenvalue weighted by molar-refractivity contribution is 5.94. The van der Waals surface area contributed by atoms with Gasteiger partial charge in [0.25, 0.3) is 0 Å². The van der Waals surface area contributed by atoms with E-state index in [1.54, 1.807) is 0 Å². The molecule has 1 aliphatic rings. The number of nitrogens with zero attached hydrogens (tertiary/aromatic N) is 1. The number of anilines is 1. The van der Waals surface area contributed by atoms with Crippen molar-refractivity contribution in [2.24, 2.45) is 0 Å². The summed E-state index contributed by atoms with van der Waals surface area (Å²) < 4.78 is 5.05. The minimum absolute atomic E-state index is 0.125. The van der Waals surface area contributed by atoms with Gasteiger partial charge in [0.2, 0.25) is 5.91 Å². The largest absolute Gasteiger partial charge is 0.463 e. The zero-order valence-electron chi connectivity index (χ0n) is 12.8. The Balaban J connectivity index is 2.01. The Kier molecular flexibility index (Phi) is 4.96. The number of cyclic esters (lactones) is 1. The third-order valence-electron chi connectivity index (χ3n) is 3.63. The van der Waals surface area contributed by atoms with Gasteiger partial charge in [-0.25, -0.2) is 0 Å². The summed E-state index contributed by atoms with van der Waals surface area (Å²) in [6.07, 6.45) is 0.125. The van der Waals surface area contributed by atoms with Gasteiger partial charge in [0.05, 0.1) is 6.42 Å². The van der Waals surface area contributed by atoms with Crippen LogP contribution >= 0.6 is 0 Å². The van der Waals surface area contributed by atoms with E-state index in [0.29, 0.717) is 13.2 Å². The number of carbonyl (C=O) groups is 2. The van der Waals surface area contributed by atoms with Crippen LogP contribution in [-0.2, 0) is 14.3 Å². The summed E-state index contributed by atoms with van der Waals surface area (Å²) in [4.78, 5) is 26.0. The average molecular weight is 290 g/mol. The molecule has 1 N–H and O–H groups in total. The number of rotatable bonds is 4. The predicted octanol–water partition coefficient (Wildman–Crippen LogP) is 1.88. The fourth-order valence-electron chi connectivity index (χ4n) is 2.69. The average Bonchev–Trinajstić information content (AvgIpc) is 2.39. The molecule has 0 spiro atoms. The summed E-state index contributed by atoms with van der Waals surface area (Å²) in [7, 11) is 0. The van der Waals surface area contributed by atoms with Gasteiger partial charge in [-0.1, -0.05) is 13.0 Å². The lowest BCUT2D eigenvalue weighted by Gasteiger charge is -2.32. The Morgan fingerprint density at radius 3 is 2.62 bits per heavy atom. The molecule has 0 saturated carbocycles. The van der Waals surface area contributed by atoms with Crippen molar-refractivity contribution in [3.63, 3.8) is 0 Å². The number of ether oxygens (including phenoxy) is 1. The second kappa shape index (κ2) is 6.72. The topological polar surface area (TPSA) is 58.6 Å².